The Labute approximate surface area is 119 Å². The third-order valence-electron chi connectivity index (χ3n) is 4.78. The molecule has 1 heterocycles. The second-order valence-electron chi connectivity index (χ2n) is 6.11. The maximum Gasteiger partial charge on any atom is 0.255 e. The van der Waals surface area contributed by atoms with Crippen LogP contribution in [0.4, 0.5) is 0 Å². The number of amides is 1. The Hall–Kier alpha value is -1.39. The molecule has 1 aromatic carbocycles. The van der Waals surface area contributed by atoms with Crippen LogP contribution in [0.25, 0.3) is 0 Å². The summed E-state index contributed by atoms with van der Waals surface area (Å²) in [6.07, 6.45) is 2.51. The van der Waals surface area contributed by atoms with Crippen LogP contribution >= 0.6 is 0 Å². The minimum absolute atomic E-state index is 0.126. The fraction of sp³-hybridized carbons (Fsp3) is 0.562. The van der Waals surface area contributed by atoms with E-state index in [9.17, 15) is 9.90 Å². The van der Waals surface area contributed by atoms with E-state index in [4.69, 9.17) is 0 Å². The van der Waals surface area contributed by atoms with Crippen molar-refractivity contribution in [2.45, 2.75) is 36.8 Å². The van der Waals surface area contributed by atoms with Crippen molar-refractivity contribution < 1.29 is 9.90 Å². The van der Waals surface area contributed by atoms with Crippen molar-refractivity contribution in [1.82, 2.24) is 10.2 Å². The number of hydrogen-bond donors (Lipinski definition) is 2. The van der Waals surface area contributed by atoms with Gasteiger partial charge in [0, 0.05) is 19.6 Å². The number of carbonyl (C=O) groups is 1. The van der Waals surface area contributed by atoms with Crippen LogP contribution in [-0.2, 0) is 4.79 Å². The van der Waals surface area contributed by atoms with Gasteiger partial charge in [-0.3, -0.25) is 4.79 Å². The Morgan fingerprint density at radius 2 is 2.05 bits per heavy atom. The molecule has 1 aromatic rings. The smallest absolute Gasteiger partial charge is 0.255 e. The van der Waals surface area contributed by atoms with Crippen molar-refractivity contribution in [3.63, 3.8) is 0 Å². The number of hydrogen-bond acceptors (Lipinski definition) is 3. The van der Waals surface area contributed by atoms with Crippen molar-refractivity contribution in [3.8, 4) is 0 Å². The molecular formula is C16H22N2O2. The number of aliphatic hydroxyl groups is 1. The molecular weight excluding hydrogens is 252 g/mol. The largest absolute Gasteiger partial charge is 0.379 e. The van der Waals surface area contributed by atoms with Crippen molar-refractivity contribution in [2.75, 3.05) is 20.1 Å². The van der Waals surface area contributed by atoms with Gasteiger partial charge in [0.2, 0.25) is 0 Å². The number of β-amino-alcohol motifs (C(OH)–C–C–N with tert-alkyl or cyclic N) is 1. The minimum atomic E-state index is -1.19. The Morgan fingerprint density at radius 3 is 2.65 bits per heavy atom. The Bertz CT molecular complexity index is 477. The molecule has 108 valence electrons. The number of nitrogens with zero attached hydrogens (tertiary/aromatic N) is 1. The van der Waals surface area contributed by atoms with E-state index in [2.05, 4.69) is 29.6 Å². The van der Waals surface area contributed by atoms with Crippen LogP contribution in [0, 0.1) is 0 Å². The zero-order valence-electron chi connectivity index (χ0n) is 11.9. The fourth-order valence-corrected chi connectivity index (χ4v) is 3.26. The van der Waals surface area contributed by atoms with E-state index in [0.717, 1.165) is 12.8 Å². The summed E-state index contributed by atoms with van der Waals surface area (Å²) in [5.41, 5.74) is 0.165. The maximum absolute atomic E-state index is 12.4. The summed E-state index contributed by atoms with van der Waals surface area (Å²) in [5, 5.41) is 13.4. The number of rotatable bonds is 3. The second kappa shape index (κ2) is 5.19. The van der Waals surface area contributed by atoms with Gasteiger partial charge in [0.05, 0.1) is 0 Å². The number of likely N-dealkylation sites (N-methyl/N-ethyl adjacent to an activating group) is 1. The van der Waals surface area contributed by atoms with E-state index in [-0.39, 0.29) is 11.9 Å². The zero-order valence-corrected chi connectivity index (χ0v) is 11.9. The van der Waals surface area contributed by atoms with Crippen molar-refractivity contribution >= 4 is 5.91 Å². The summed E-state index contributed by atoms with van der Waals surface area (Å²) in [6.45, 7) is 1.10. The van der Waals surface area contributed by atoms with Crippen LogP contribution in [0.3, 0.4) is 0 Å². The quantitative estimate of drug-likeness (QED) is 0.868. The second-order valence-corrected chi connectivity index (χ2v) is 6.11. The number of carbonyl (C=O) groups excluding carboxylic acids is 1. The summed E-state index contributed by atoms with van der Waals surface area (Å²) in [4.78, 5) is 14.1. The summed E-state index contributed by atoms with van der Waals surface area (Å²) in [6, 6.07) is 10.7. The SMILES string of the molecule is CN(C(=O)C1(O)CCNC1)C1CC(c2ccccc2)C1. The highest BCUT2D eigenvalue weighted by Crippen LogP contribution is 2.40. The number of nitrogens with one attached hydrogen (secondary N) is 1. The van der Waals surface area contributed by atoms with Gasteiger partial charge >= 0.3 is 0 Å². The average Bonchev–Trinajstić information content (AvgIpc) is 2.85. The lowest BCUT2D eigenvalue weighted by Crippen LogP contribution is -2.54. The molecule has 1 saturated heterocycles. The van der Waals surface area contributed by atoms with E-state index >= 15 is 0 Å². The molecule has 4 nitrogen and oxygen atoms in total. The van der Waals surface area contributed by atoms with Gasteiger partial charge in [0.25, 0.3) is 5.91 Å². The van der Waals surface area contributed by atoms with E-state index < -0.39 is 5.60 Å². The molecule has 1 amide bonds. The molecule has 4 heteroatoms. The molecule has 0 aromatic heterocycles. The van der Waals surface area contributed by atoms with Crippen molar-refractivity contribution in [2.24, 2.45) is 0 Å². The molecule has 1 unspecified atom stereocenters. The van der Waals surface area contributed by atoms with Crippen LogP contribution in [-0.4, -0.2) is 47.7 Å². The van der Waals surface area contributed by atoms with E-state index in [1.54, 1.807) is 4.90 Å². The third kappa shape index (κ3) is 2.34. The molecule has 2 aliphatic rings. The van der Waals surface area contributed by atoms with Gasteiger partial charge in [-0.05, 0) is 37.3 Å². The van der Waals surface area contributed by atoms with Crippen LogP contribution in [0.15, 0.2) is 30.3 Å². The lowest BCUT2D eigenvalue weighted by atomic mass is 9.75. The monoisotopic (exact) mass is 274 g/mol. The molecule has 1 aliphatic carbocycles. The Kier molecular flexibility index (Phi) is 3.52. The summed E-state index contributed by atoms with van der Waals surface area (Å²) < 4.78 is 0. The average molecular weight is 274 g/mol. The van der Waals surface area contributed by atoms with Gasteiger partial charge in [-0.1, -0.05) is 30.3 Å². The lowest BCUT2D eigenvalue weighted by Gasteiger charge is -2.43. The topological polar surface area (TPSA) is 52.6 Å². The first-order valence-corrected chi connectivity index (χ1v) is 7.35. The molecule has 1 atom stereocenters. The van der Waals surface area contributed by atoms with Crippen LogP contribution in [0.1, 0.15) is 30.7 Å². The molecule has 1 saturated carbocycles. The van der Waals surface area contributed by atoms with Gasteiger partial charge < -0.3 is 15.3 Å². The molecule has 3 rings (SSSR count). The molecule has 1 aliphatic heterocycles. The van der Waals surface area contributed by atoms with Crippen LogP contribution in [0.5, 0.6) is 0 Å². The standard InChI is InChI=1S/C16H22N2O2/c1-18(15(19)16(20)7-8-17-11-16)14-9-13(10-14)12-5-3-2-4-6-12/h2-6,13-14,17,20H,7-11H2,1H3. The van der Waals surface area contributed by atoms with Crippen LogP contribution in [0.2, 0.25) is 0 Å². The summed E-state index contributed by atoms with van der Waals surface area (Å²) in [5.74, 6) is 0.423. The molecule has 0 bridgehead atoms. The minimum Gasteiger partial charge on any atom is -0.379 e. The van der Waals surface area contributed by atoms with Gasteiger partial charge in [0.15, 0.2) is 5.60 Å². The van der Waals surface area contributed by atoms with Gasteiger partial charge in [-0.2, -0.15) is 0 Å². The molecule has 2 fully saturated rings. The maximum atomic E-state index is 12.4. The first-order chi connectivity index (χ1) is 9.60. The highest BCUT2D eigenvalue weighted by Gasteiger charge is 2.44. The first-order valence-electron chi connectivity index (χ1n) is 7.35. The van der Waals surface area contributed by atoms with Crippen molar-refractivity contribution in [3.05, 3.63) is 35.9 Å². The highest BCUT2D eigenvalue weighted by atomic mass is 16.3. The first kappa shape index (κ1) is 13.6. The van der Waals surface area contributed by atoms with Gasteiger partial charge in [-0.15, -0.1) is 0 Å². The summed E-state index contributed by atoms with van der Waals surface area (Å²) in [7, 11) is 1.82. The fourth-order valence-electron chi connectivity index (χ4n) is 3.26. The molecule has 2 N–H and O–H groups in total. The number of benzene rings is 1. The Morgan fingerprint density at radius 1 is 1.35 bits per heavy atom. The highest BCUT2D eigenvalue weighted by molar-refractivity contribution is 5.85. The summed E-state index contributed by atoms with van der Waals surface area (Å²) >= 11 is 0. The molecule has 20 heavy (non-hydrogen) atoms. The predicted molar refractivity (Wildman–Crippen MR) is 77.4 cm³/mol. The zero-order chi connectivity index (χ0) is 14.2. The van der Waals surface area contributed by atoms with Gasteiger partial charge in [-0.25, -0.2) is 0 Å². The molecule has 0 radical (unpaired) electrons. The molecule has 0 spiro atoms. The van der Waals surface area contributed by atoms with Gasteiger partial charge in [0.1, 0.15) is 0 Å². The van der Waals surface area contributed by atoms with Crippen LogP contribution < -0.4 is 5.32 Å². The lowest BCUT2D eigenvalue weighted by molar-refractivity contribution is -0.152. The Balaban J connectivity index is 1.58. The van der Waals surface area contributed by atoms with E-state index in [1.807, 2.05) is 13.1 Å². The van der Waals surface area contributed by atoms with E-state index in [0.29, 0.717) is 25.4 Å². The predicted octanol–water partition coefficient (Wildman–Crippen LogP) is 1.12. The normalized spacial score (nSPS) is 32.7. The third-order valence-corrected chi connectivity index (χ3v) is 4.78. The van der Waals surface area contributed by atoms with E-state index in [1.165, 1.54) is 5.56 Å². The van der Waals surface area contributed by atoms with Crippen molar-refractivity contribution in [1.29, 1.82) is 0 Å².